The molecule has 0 aliphatic heterocycles. The molecule has 1 N–H and O–H groups in total. The zero-order chi connectivity index (χ0) is 21.4. The van der Waals surface area contributed by atoms with E-state index in [-0.39, 0.29) is 17.0 Å². The van der Waals surface area contributed by atoms with Gasteiger partial charge in [0, 0.05) is 0 Å². The van der Waals surface area contributed by atoms with Crippen molar-refractivity contribution in [1.29, 1.82) is 0 Å². The van der Waals surface area contributed by atoms with E-state index in [2.05, 4.69) is 27.8 Å². The minimum Gasteiger partial charge on any atom is -1.00 e. The summed E-state index contributed by atoms with van der Waals surface area (Å²) < 4.78 is 0. The summed E-state index contributed by atoms with van der Waals surface area (Å²) in [5.41, 5.74) is 0. The molecule has 0 amide bonds. The van der Waals surface area contributed by atoms with Gasteiger partial charge in [-0.1, -0.05) is 124 Å². The summed E-state index contributed by atoms with van der Waals surface area (Å²) in [6.45, 7) is 8.36. The third kappa shape index (κ3) is 23.1. The third-order valence-electron chi connectivity index (χ3n) is 6.93. The molecule has 1 nitrogen and oxygen atoms in total. The summed E-state index contributed by atoms with van der Waals surface area (Å²) in [5.74, 6) is 0. The van der Waals surface area contributed by atoms with Crippen LogP contribution in [0.2, 0.25) is 0 Å². The summed E-state index contributed by atoms with van der Waals surface area (Å²) >= 11 is 0. The highest BCUT2D eigenvalue weighted by Crippen LogP contribution is 2.13. The van der Waals surface area contributed by atoms with E-state index in [0.29, 0.717) is 0 Å². The van der Waals surface area contributed by atoms with Crippen LogP contribution in [0, 0.1) is 0 Å². The monoisotopic (exact) mass is 489 g/mol. The van der Waals surface area contributed by atoms with Gasteiger partial charge in [-0.25, -0.2) is 0 Å². The standard InChI is InChI=1S/C28H59N.BrH/c1-5-8-11-14-17-18-21-24-27-29(4)28(25-22-19-15-12-9-6-2)26-23-20-16-13-10-7-3;/h28H,5-27H2,1-4H3;1H. The van der Waals surface area contributed by atoms with Crippen molar-refractivity contribution in [2.24, 2.45) is 0 Å². The Bertz CT molecular complexity index is 278. The predicted octanol–water partition coefficient (Wildman–Crippen LogP) is 5.52. The Balaban J connectivity index is 0. The Morgan fingerprint density at radius 2 is 0.733 bits per heavy atom. The van der Waals surface area contributed by atoms with Crippen molar-refractivity contribution in [2.45, 2.75) is 168 Å². The first-order chi connectivity index (χ1) is 14.3. The Morgan fingerprint density at radius 3 is 1.10 bits per heavy atom. The molecule has 0 rings (SSSR count). The van der Waals surface area contributed by atoms with Crippen LogP contribution in [-0.2, 0) is 0 Å². The van der Waals surface area contributed by atoms with Crippen molar-refractivity contribution in [3.05, 3.63) is 0 Å². The van der Waals surface area contributed by atoms with E-state index in [4.69, 9.17) is 0 Å². The molecule has 0 radical (unpaired) electrons. The second-order valence-electron chi connectivity index (χ2n) is 9.88. The highest BCUT2D eigenvalue weighted by molar-refractivity contribution is 4.59. The molecule has 0 spiro atoms. The van der Waals surface area contributed by atoms with Crippen molar-refractivity contribution in [1.82, 2.24) is 0 Å². The minimum absolute atomic E-state index is 0. The van der Waals surface area contributed by atoms with Gasteiger partial charge < -0.3 is 21.9 Å². The number of nitrogens with one attached hydrogen (secondary N) is 1. The molecule has 0 fully saturated rings. The molecular weight excluding hydrogens is 430 g/mol. The van der Waals surface area contributed by atoms with Crippen molar-refractivity contribution >= 4 is 0 Å². The maximum atomic E-state index is 2.50. The fraction of sp³-hybridized carbons (Fsp3) is 1.00. The maximum absolute atomic E-state index is 2.50. The Labute approximate surface area is 203 Å². The first kappa shape index (κ1) is 32.6. The molecule has 0 aromatic carbocycles. The molecule has 0 saturated carbocycles. The Morgan fingerprint density at radius 1 is 0.433 bits per heavy atom. The predicted molar refractivity (Wildman–Crippen MR) is 134 cm³/mol. The van der Waals surface area contributed by atoms with Gasteiger partial charge in [-0.15, -0.1) is 0 Å². The van der Waals surface area contributed by atoms with Crippen molar-refractivity contribution in [3.8, 4) is 0 Å². The minimum atomic E-state index is 0. The molecule has 0 bridgehead atoms. The Kier molecular flexibility index (Phi) is 29.9. The van der Waals surface area contributed by atoms with Crippen molar-refractivity contribution in [2.75, 3.05) is 13.6 Å². The molecule has 2 heteroatoms. The summed E-state index contributed by atoms with van der Waals surface area (Å²) in [4.78, 5) is 1.85. The summed E-state index contributed by atoms with van der Waals surface area (Å²) in [5, 5.41) is 0. The number of quaternary nitrogens is 1. The van der Waals surface area contributed by atoms with Crippen LogP contribution in [0.4, 0.5) is 0 Å². The summed E-state index contributed by atoms with van der Waals surface area (Å²) in [6.07, 6.45) is 31.9. The number of rotatable bonds is 24. The quantitative estimate of drug-likeness (QED) is 0.170. The molecule has 0 saturated heterocycles. The van der Waals surface area contributed by atoms with Crippen LogP contribution in [0.15, 0.2) is 0 Å². The maximum Gasteiger partial charge on any atom is 0.0872 e. The molecule has 0 aromatic heterocycles. The first-order valence-electron chi connectivity index (χ1n) is 14.1. The van der Waals surface area contributed by atoms with E-state index in [1.807, 2.05) is 4.90 Å². The van der Waals surface area contributed by atoms with Gasteiger partial charge >= 0.3 is 0 Å². The van der Waals surface area contributed by atoms with Crippen LogP contribution < -0.4 is 21.9 Å². The van der Waals surface area contributed by atoms with Crippen LogP contribution in [0.25, 0.3) is 0 Å². The number of halogens is 1. The largest absolute Gasteiger partial charge is 1.00 e. The van der Waals surface area contributed by atoms with E-state index in [1.54, 1.807) is 0 Å². The molecule has 184 valence electrons. The van der Waals surface area contributed by atoms with Crippen LogP contribution in [-0.4, -0.2) is 19.6 Å². The van der Waals surface area contributed by atoms with Crippen molar-refractivity contribution in [3.63, 3.8) is 0 Å². The number of hydrogen-bond acceptors (Lipinski definition) is 0. The average molecular weight is 491 g/mol. The second kappa shape index (κ2) is 27.5. The van der Waals surface area contributed by atoms with Crippen LogP contribution >= 0.6 is 0 Å². The molecule has 0 aromatic rings. The lowest BCUT2D eigenvalue weighted by atomic mass is 9.98. The van der Waals surface area contributed by atoms with Gasteiger partial charge in [-0.05, 0) is 38.5 Å². The normalized spacial score (nSPS) is 12.3. The molecule has 30 heavy (non-hydrogen) atoms. The van der Waals surface area contributed by atoms with E-state index < -0.39 is 0 Å². The van der Waals surface area contributed by atoms with Gasteiger partial charge in [0.15, 0.2) is 0 Å². The molecule has 1 unspecified atom stereocenters. The fourth-order valence-corrected chi connectivity index (χ4v) is 4.72. The zero-order valence-electron chi connectivity index (χ0n) is 21.7. The average Bonchev–Trinajstić information content (AvgIpc) is 2.73. The third-order valence-corrected chi connectivity index (χ3v) is 6.93. The van der Waals surface area contributed by atoms with Gasteiger partial charge in [0.2, 0.25) is 0 Å². The van der Waals surface area contributed by atoms with Crippen LogP contribution in [0.3, 0.4) is 0 Å². The lowest BCUT2D eigenvalue weighted by molar-refractivity contribution is -0.907. The van der Waals surface area contributed by atoms with Gasteiger partial charge in [0.25, 0.3) is 0 Å². The van der Waals surface area contributed by atoms with Gasteiger partial charge in [0.1, 0.15) is 0 Å². The second-order valence-corrected chi connectivity index (χ2v) is 9.88. The van der Waals surface area contributed by atoms with Crippen LogP contribution in [0.5, 0.6) is 0 Å². The molecule has 0 heterocycles. The van der Waals surface area contributed by atoms with Gasteiger partial charge in [-0.3, -0.25) is 0 Å². The van der Waals surface area contributed by atoms with Gasteiger partial charge in [0.05, 0.1) is 19.6 Å². The summed E-state index contributed by atoms with van der Waals surface area (Å²) in [6, 6.07) is 0.928. The number of hydrogen-bond donors (Lipinski definition) is 1. The number of unbranched alkanes of at least 4 members (excludes halogenated alkanes) is 17. The summed E-state index contributed by atoms with van der Waals surface area (Å²) in [7, 11) is 2.50. The molecule has 1 atom stereocenters. The van der Waals surface area contributed by atoms with E-state index in [0.717, 1.165) is 6.04 Å². The van der Waals surface area contributed by atoms with Crippen molar-refractivity contribution < 1.29 is 21.9 Å². The molecule has 0 aliphatic carbocycles. The van der Waals surface area contributed by atoms with E-state index in [1.165, 1.54) is 148 Å². The lowest BCUT2D eigenvalue weighted by Gasteiger charge is -2.25. The SMILES string of the molecule is CCCCCCCCCC[NH+](C)C(CCCCCCCC)CCCCCCCC.[Br-]. The van der Waals surface area contributed by atoms with Gasteiger partial charge in [-0.2, -0.15) is 0 Å². The lowest BCUT2D eigenvalue weighted by Crippen LogP contribution is -3.13. The van der Waals surface area contributed by atoms with Crippen LogP contribution in [0.1, 0.15) is 162 Å². The van der Waals surface area contributed by atoms with E-state index >= 15 is 0 Å². The highest BCUT2D eigenvalue weighted by atomic mass is 79.9. The van der Waals surface area contributed by atoms with E-state index in [9.17, 15) is 0 Å². The smallest absolute Gasteiger partial charge is 0.0872 e. The fourth-order valence-electron chi connectivity index (χ4n) is 4.72. The topological polar surface area (TPSA) is 4.44 Å². The molecule has 0 aliphatic rings. The Hall–Kier alpha value is 0.440. The highest BCUT2D eigenvalue weighted by Gasteiger charge is 2.17. The zero-order valence-corrected chi connectivity index (χ0v) is 23.3. The molecular formula is C28H60BrN. The first-order valence-corrected chi connectivity index (χ1v) is 14.1.